The van der Waals surface area contributed by atoms with Crippen molar-refractivity contribution in [2.75, 3.05) is 11.9 Å². The minimum atomic E-state index is 0.813. The summed E-state index contributed by atoms with van der Waals surface area (Å²) in [4.78, 5) is 7.57. The molecule has 2 N–H and O–H groups in total. The maximum Gasteiger partial charge on any atom is 0.139 e. The zero-order valence-electron chi connectivity index (χ0n) is 9.97. The lowest BCUT2D eigenvalue weighted by atomic mass is 10.3. The molecule has 0 atom stereocenters. The van der Waals surface area contributed by atoms with Gasteiger partial charge < -0.3 is 10.3 Å². The number of aromatic amines is 1. The van der Waals surface area contributed by atoms with Crippen LogP contribution in [0.15, 0.2) is 24.4 Å². The Morgan fingerprint density at radius 1 is 1.28 bits per heavy atom. The number of aromatic nitrogens is 4. The van der Waals surface area contributed by atoms with Crippen molar-refractivity contribution in [1.82, 2.24) is 20.2 Å². The van der Waals surface area contributed by atoms with Crippen molar-refractivity contribution >= 4 is 28.2 Å². The van der Waals surface area contributed by atoms with E-state index in [1.165, 1.54) is 0 Å². The van der Waals surface area contributed by atoms with Crippen molar-refractivity contribution < 1.29 is 0 Å². The molecule has 3 aromatic rings. The first kappa shape index (κ1) is 11.2. The van der Waals surface area contributed by atoms with Crippen LogP contribution in [-0.4, -0.2) is 26.7 Å². The third kappa shape index (κ3) is 2.33. The number of nitrogens with zero attached hydrogens (tertiary/aromatic N) is 3. The zero-order valence-corrected chi connectivity index (χ0v) is 10.8. The Morgan fingerprint density at radius 3 is 3.06 bits per heavy atom. The van der Waals surface area contributed by atoms with E-state index in [1.54, 1.807) is 11.3 Å². The van der Waals surface area contributed by atoms with Crippen molar-refractivity contribution in [2.24, 2.45) is 0 Å². The maximum absolute atomic E-state index is 4.47. The topological polar surface area (TPSA) is 66.5 Å². The van der Waals surface area contributed by atoms with E-state index in [4.69, 9.17) is 0 Å². The van der Waals surface area contributed by atoms with E-state index >= 15 is 0 Å². The van der Waals surface area contributed by atoms with Gasteiger partial charge in [0.1, 0.15) is 21.5 Å². The molecule has 6 heteroatoms. The van der Waals surface area contributed by atoms with E-state index in [1.807, 2.05) is 25.3 Å². The Morgan fingerprint density at radius 2 is 2.22 bits per heavy atom. The van der Waals surface area contributed by atoms with Gasteiger partial charge >= 0.3 is 0 Å². The molecule has 3 rings (SSSR count). The number of H-pyrrole nitrogens is 1. The Balaban J connectivity index is 1.62. The highest BCUT2D eigenvalue weighted by Crippen LogP contribution is 2.13. The molecule has 0 aliphatic rings. The van der Waals surface area contributed by atoms with Crippen molar-refractivity contribution in [3.63, 3.8) is 0 Å². The second kappa shape index (κ2) is 4.73. The summed E-state index contributed by atoms with van der Waals surface area (Å²) >= 11 is 1.64. The Hall–Kier alpha value is -1.95. The van der Waals surface area contributed by atoms with Gasteiger partial charge in [-0.1, -0.05) is 0 Å². The number of hydrogen-bond acceptors (Lipinski definition) is 5. The van der Waals surface area contributed by atoms with E-state index in [9.17, 15) is 0 Å². The summed E-state index contributed by atoms with van der Waals surface area (Å²) in [5.41, 5.74) is 0.909. The first-order valence-corrected chi connectivity index (χ1v) is 6.60. The summed E-state index contributed by atoms with van der Waals surface area (Å²) < 4.78 is 0. The summed E-state index contributed by atoms with van der Waals surface area (Å²) in [5.74, 6) is 0.881. The molecule has 0 radical (unpaired) electrons. The van der Waals surface area contributed by atoms with Gasteiger partial charge in [0.05, 0.1) is 0 Å². The third-order valence-electron chi connectivity index (χ3n) is 2.62. The van der Waals surface area contributed by atoms with Crippen LogP contribution in [0.3, 0.4) is 0 Å². The van der Waals surface area contributed by atoms with Crippen LogP contribution in [-0.2, 0) is 6.42 Å². The SMILES string of the molecule is Cc1nnc(CCNc2ccc3cc[nH]c3n2)s1. The molecule has 3 heterocycles. The molecule has 0 fully saturated rings. The lowest BCUT2D eigenvalue weighted by Gasteiger charge is -2.03. The second-order valence-electron chi connectivity index (χ2n) is 4.00. The average molecular weight is 259 g/mol. The minimum absolute atomic E-state index is 0.813. The molecule has 0 saturated heterocycles. The van der Waals surface area contributed by atoms with Crippen molar-refractivity contribution in [3.8, 4) is 0 Å². The van der Waals surface area contributed by atoms with Gasteiger partial charge in [0.2, 0.25) is 0 Å². The van der Waals surface area contributed by atoms with Crippen molar-refractivity contribution in [2.45, 2.75) is 13.3 Å². The van der Waals surface area contributed by atoms with Crippen LogP contribution in [0.4, 0.5) is 5.82 Å². The van der Waals surface area contributed by atoms with Crippen LogP contribution in [0.5, 0.6) is 0 Å². The largest absolute Gasteiger partial charge is 0.370 e. The predicted molar refractivity (Wildman–Crippen MR) is 72.9 cm³/mol. The fourth-order valence-electron chi connectivity index (χ4n) is 1.76. The summed E-state index contributed by atoms with van der Waals surface area (Å²) in [5, 5.41) is 14.6. The lowest BCUT2D eigenvalue weighted by Crippen LogP contribution is -2.06. The number of rotatable bonds is 4. The first-order valence-electron chi connectivity index (χ1n) is 5.78. The maximum atomic E-state index is 4.47. The minimum Gasteiger partial charge on any atom is -0.370 e. The quantitative estimate of drug-likeness (QED) is 0.755. The molecule has 0 spiro atoms. The number of pyridine rings is 1. The van der Waals surface area contributed by atoms with Gasteiger partial charge in [0.15, 0.2) is 0 Å². The van der Waals surface area contributed by atoms with Crippen LogP contribution in [0.25, 0.3) is 11.0 Å². The number of fused-ring (bicyclic) bond motifs is 1. The number of hydrogen-bond donors (Lipinski definition) is 2. The molecular weight excluding hydrogens is 246 g/mol. The highest BCUT2D eigenvalue weighted by atomic mass is 32.1. The van der Waals surface area contributed by atoms with E-state index in [0.29, 0.717) is 0 Å². The Bertz CT molecular complexity index is 657. The molecule has 18 heavy (non-hydrogen) atoms. The molecule has 0 saturated carbocycles. The molecule has 0 aliphatic heterocycles. The van der Waals surface area contributed by atoms with Crippen molar-refractivity contribution in [1.29, 1.82) is 0 Å². The van der Waals surface area contributed by atoms with Gasteiger partial charge in [-0.15, -0.1) is 21.5 Å². The molecule has 0 bridgehead atoms. The fourth-order valence-corrected chi connectivity index (χ4v) is 2.47. The van der Waals surface area contributed by atoms with Crippen molar-refractivity contribution in [3.05, 3.63) is 34.4 Å². The van der Waals surface area contributed by atoms with Gasteiger partial charge in [-0.25, -0.2) is 4.98 Å². The summed E-state index contributed by atoms with van der Waals surface area (Å²) in [7, 11) is 0. The first-order chi connectivity index (χ1) is 8.81. The molecule has 0 unspecified atom stereocenters. The van der Waals surface area contributed by atoms with Crippen LogP contribution < -0.4 is 5.32 Å². The lowest BCUT2D eigenvalue weighted by molar-refractivity contribution is 0.927. The monoisotopic (exact) mass is 259 g/mol. The molecule has 92 valence electrons. The zero-order chi connectivity index (χ0) is 12.4. The average Bonchev–Trinajstić information content (AvgIpc) is 2.97. The second-order valence-corrected chi connectivity index (χ2v) is 5.27. The number of nitrogens with one attached hydrogen (secondary N) is 2. The smallest absolute Gasteiger partial charge is 0.139 e. The third-order valence-corrected chi connectivity index (χ3v) is 3.52. The van der Waals surface area contributed by atoms with E-state index in [-0.39, 0.29) is 0 Å². The van der Waals surface area contributed by atoms with Gasteiger partial charge in [0, 0.05) is 24.5 Å². The van der Waals surface area contributed by atoms with Crippen LogP contribution >= 0.6 is 11.3 Å². The van der Waals surface area contributed by atoms with Crippen LogP contribution in [0, 0.1) is 6.92 Å². The van der Waals surface area contributed by atoms with E-state index in [2.05, 4.69) is 31.5 Å². The van der Waals surface area contributed by atoms with E-state index < -0.39 is 0 Å². The molecule has 0 aliphatic carbocycles. The molecule has 0 amide bonds. The highest BCUT2D eigenvalue weighted by Gasteiger charge is 2.01. The van der Waals surface area contributed by atoms with Crippen LogP contribution in [0.1, 0.15) is 10.0 Å². The summed E-state index contributed by atoms with van der Waals surface area (Å²) in [6, 6.07) is 6.05. The highest BCUT2D eigenvalue weighted by molar-refractivity contribution is 7.11. The van der Waals surface area contributed by atoms with E-state index in [0.717, 1.165) is 39.8 Å². The predicted octanol–water partition coefficient (Wildman–Crippen LogP) is 2.38. The van der Waals surface area contributed by atoms with Gasteiger partial charge in [-0.05, 0) is 25.1 Å². The fraction of sp³-hybridized carbons (Fsp3) is 0.250. The molecule has 0 aromatic carbocycles. The standard InChI is InChI=1S/C12H13N5S/c1-8-16-17-11(18-8)5-7-13-10-3-2-9-4-6-14-12(9)15-10/h2-4,6H,5,7H2,1H3,(H2,13,14,15). The van der Waals surface area contributed by atoms with Gasteiger partial charge in [-0.2, -0.15) is 0 Å². The molecule has 5 nitrogen and oxygen atoms in total. The number of aryl methyl sites for hydroxylation is 1. The van der Waals surface area contributed by atoms with Crippen LogP contribution in [0.2, 0.25) is 0 Å². The number of anilines is 1. The Labute approximate surface area is 108 Å². The van der Waals surface area contributed by atoms with Gasteiger partial charge in [0.25, 0.3) is 0 Å². The van der Waals surface area contributed by atoms with Gasteiger partial charge in [-0.3, -0.25) is 0 Å². The molecule has 3 aromatic heterocycles. The summed E-state index contributed by atoms with van der Waals surface area (Å²) in [6.45, 7) is 2.78. The Kier molecular flexibility index (Phi) is 2.93. The molecular formula is C12H13N5S. The normalized spacial score (nSPS) is 10.9. The summed E-state index contributed by atoms with van der Waals surface area (Å²) in [6.07, 6.45) is 2.77.